The Labute approximate surface area is 210 Å². The first-order chi connectivity index (χ1) is 17.1. The van der Waals surface area contributed by atoms with Crippen molar-refractivity contribution < 1.29 is 32.1 Å². The van der Waals surface area contributed by atoms with E-state index in [0.29, 0.717) is 0 Å². The van der Waals surface area contributed by atoms with Gasteiger partial charge in [0.15, 0.2) is 11.5 Å². The Kier molecular flexibility index (Phi) is 8.59. The number of aliphatic hydroxyl groups excluding tert-OH is 2. The number of methoxy groups -OCH3 is 1. The van der Waals surface area contributed by atoms with Crippen LogP contribution in [0.1, 0.15) is 23.7 Å². The van der Waals surface area contributed by atoms with E-state index in [1.807, 2.05) is 4.72 Å². The number of benzene rings is 2. The minimum absolute atomic E-state index is 0.00638. The zero-order valence-corrected chi connectivity index (χ0v) is 20.5. The summed E-state index contributed by atoms with van der Waals surface area (Å²) in [6, 6.07) is 3.79. The molecule has 0 saturated carbocycles. The number of halogens is 3. The molecule has 10 nitrogen and oxygen atoms in total. The Hall–Kier alpha value is -3.57. The van der Waals surface area contributed by atoms with Gasteiger partial charge in [-0.3, -0.25) is 4.72 Å². The minimum Gasteiger partial charge on any atom is -0.495 e. The molecule has 0 fully saturated rings. The van der Waals surface area contributed by atoms with Crippen molar-refractivity contribution in [1.29, 1.82) is 0 Å². The standard InChI is InChI=1S/C22H20ClF2N5O5S/c1-12(10-31)27-22-26-9-15(28-29-22)3-4-16-17(24)5-6-18(20(16)25)30-36(33,34)19-8-14(23)7-13(11-32)21(19)35-2/h5-9,12,30-32H,10-11H2,1-2H3,(H,26,27,29)/t12-/m1/s1. The van der Waals surface area contributed by atoms with Crippen LogP contribution in [0.3, 0.4) is 0 Å². The summed E-state index contributed by atoms with van der Waals surface area (Å²) >= 11 is 5.95. The Balaban J connectivity index is 1.93. The summed E-state index contributed by atoms with van der Waals surface area (Å²) < 4.78 is 62.5. The number of anilines is 2. The van der Waals surface area contributed by atoms with Gasteiger partial charge in [0.25, 0.3) is 10.0 Å². The summed E-state index contributed by atoms with van der Waals surface area (Å²) in [5, 5.41) is 28.8. The van der Waals surface area contributed by atoms with Gasteiger partial charge in [-0.1, -0.05) is 17.5 Å². The van der Waals surface area contributed by atoms with Crippen LogP contribution in [0.2, 0.25) is 5.02 Å². The molecule has 0 amide bonds. The molecule has 0 unspecified atom stereocenters. The van der Waals surface area contributed by atoms with Gasteiger partial charge in [0.2, 0.25) is 5.95 Å². The molecule has 1 heterocycles. The van der Waals surface area contributed by atoms with Crippen LogP contribution in [0.15, 0.2) is 35.4 Å². The molecule has 0 radical (unpaired) electrons. The van der Waals surface area contributed by atoms with E-state index >= 15 is 4.39 Å². The summed E-state index contributed by atoms with van der Waals surface area (Å²) in [7, 11) is -3.29. The molecule has 0 aliphatic carbocycles. The average molecular weight is 540 g/mol. The predicted molar refractivity (Wildman–Crippen MR) is 127 cm³/mol. The fraction of sp³-hybridized carbons (Fsp3) is 0.227. The Bertz CT molecular complexity index is 1430. The maximum Gasteiger partial charge on any atom is 0.265 e. The lowest BCUT2D eigenvalue weighted by atomic mass is 10.1. The molecule has 14 heteroatoms. The summed E-state index contributed by atoms with van der Waals surface area (Å²) in [6.07, 6.45) is 1.21. The normalized spacial score (nSPS) is 11.9. The SMILES string of the molecule is COc1c(CO)cc(Cl)cc1S(=O)(=O)Nc1ccc(F)c(C#Cc2cnc(N[C@H](C)CO)nn2)c1F. The molecule has 2 aromatic carbocycles. The molecule has 0 saturated heterocycles. The van der Waals surface area contributed by atoms with Crippen LogP contribution in [0.4, 0.5) is 20.4 Å². The van der Waals surface area contributed by atoms with Gasteiger partial charge >= 0.3 is 0 Å². The van der Waals surface area contributed by atoms with E-state index in [0.717, 1.165) is 18.2 Å². The Morgan fingerprint density at radius 2 is 1.94 bits per heavy atom. The van der Waals surface area contributed by atoms with Gasteiger partial charge in [-0.25, -0.2) is 22.2 Å². The largest absolute Gasteiger partial charge is 0.495 e. The maximum absolute atomic E-state index is 15.1. The van der Waals surface area contributed by atoms with Gasteiger partial charge in [-0.05, 0) is 37.1 Å². The lowest BCUT2D eigenvalue weighted by Gasteiger charge is -2.15. The first kappa shape index (κ1) is 27.0. The number of sulfonamides is 1. The van der Waals surface area contributed by atoms with Gasteiger partial charge in [0.1, 0.15) is 16.5 Å². The summed E-state index contributed by atoms with van der Waals surface area (Å²) in [4.78, 5) is 3.49. The molecule has 190 valence electrons. The zero-order chi connectivity index (χ0) is 26.5. The van der Waals surface area contributed by atoms with Crippen molar-refractivity contribution >= 4 is 33.3 Å². The number of nitrogens with one attached hydrogen (secondary N) is 2. The molecule has 36 heavy (non-hydrogen) atoms. The van der Waals surface area contributed by atoms with Crippen LogP contribution in [0, 0.1) is 23.5 Å². The smallest absolute Gasteiger partial charge is 0.265 e. The summed E-state index contributed by atoms with van der Waals surface area (Å²) in [6.45, 7) is 0.973. The molecule has 1 atom stereocenters. The highest BCUT2D eigenvalue weighted by Gasteiger charge is 2.25. The van der Waals surface area contributed by atoms with Crippen LogP contribution < -0.4 is 14.8 Å². The van der Waals surface area contributed by atoms with Crippen LogP contribution in [-0.4, -0.2) is 53.6 Å². The van der Waals surface area contributed by atoms with E-state index in [4.69, 9.17) is 21.4 Å². The van der Waals surface area contributed by atoms with Crippen molar-refractivity contribution in [3.63, 3.8) is 0 Å². The van der Waals surface area contributed by atoms with Gasteiger partial charge in [-0.15, -0.1) is 10.2 Å². The van der Waals surface area contributed by atoms with E-state index in [1.54, 1.807) is 6.92 Å². The van der Waals surface area contributed by atoms with E-state index in [9.17, 15) is 17.9 Å². The number of nitrogens with zero attached hydrogens (tertiary/aromatic N) is 3. The third-order valence-electron chi connectivity index (χ3n) is 4.62. The van der Waals surface area contributed by atoms with E-state index in [1.165, 1.54) is 19.4 Å². The number of ether oxygens (including phenoxy) is 1. The fourth-order valence-corrected chi connectivity index (χ4v) is 4.51. The van der Waals surface area contributed by atoms with Gasteiger partial charge in [0, 0.05) is 16.6 Å². The number of hydrogen-bond donors (Lipinski definition) is 4. The van der Waals surface area contributed by atoms with Crippen LogP contribution in [0.5, 0.6) is 5.75 Å². The van der Waals surface area contributed by atoms with Gasteiger partial charge < -0.3 is 20.3 Å². The molecule has 0 bridgehead atoms. The van der Waals surface area contributed by atoms with E-state index in [2.05, 4.69) is 32.3 Å². The van der Waals surface area contributed by atoms with Crippen LogP contribution in [-0.2, 0) is 16.6 Å². The predicted octanol–water partition coefficient (Wildman–Crippen LogP) is 2.30. The van der Waals surface area contributed by atoms with Crippen molar-refractivity contribution in [2.75, 3.05) is 23.8 Å². The maximum atomic E-state index is 15.1. The molecular weight excluding hydrogens is 520 g/mol. The van der Waals surface area contributed by atoms with E-state index < -0.39 is 44.4 Å². The molecule has 3 aromatic rings. The highest BCUT2D eigenvalue weighted by Crippen LogP contribution is 2.33. The number of aliphatic hydroxyl groups is 2. The van der Waals surface area contributed by atoms with Gasteiger partial charge in [-0.2, -0.15) is 0 Å². The van der Waals surface area contributed by atoms with Crippen molar-refractivity contribution in [3.05, 3.63) is 63.9 Å². The van der Waals surface area contributed by atoms with E-state index in [-0.39, 0.29) is 40.6 Å². The summed E-state index contributed by atoms with van der Waals surface area (Å²) in [5.74, 6) is 2.31. The summed E-state index contributed by atoms with van der Waals surface area (Å²) in [5.41, 5.74) is -1.22. The molecule has 4 N–H and O–H groups in total. The molecule has 1 aromatic heterocycles. The number of hydrogen-bond acceptors (Lipinski definition) is 9. The minimum atomic E-state index is -4.49. The molecule has 0 aliphatic heterocycles. The second-order valence-electron chi connectivity index (χ2n) is 7.29. The average Bonchev–Trinajstić information content (AvgIpc) is 2.85. The number of aromatic nitrogens is 3. The van der Waals surface area contributed by atoms with Crippen LogP contribution >= 0.6 is 11.6 Å². The Morgan fingerprint density at radius 1 is 1.19 bits per heavy atom. The quantitative estimate of drug-likeness (QED) is 0.317. The molecule has 3 rings (SSSR count). The highest BCUT2D eigenvalue weighted by molar-refractivity contribution is 7.92. The zero-order valence-electron chi connectivity index (χ0n) is 18.9. The topological polar surface area (TPSA) is 147 Å². The first-order valence-electron chi connectivity index (χ1n) is 10.2. The fourth-order valence-electron chi connectivity index (χ4n) is 2.91. The lowest BCUT2D eigenvalue weighted by Crippen LogP contribution is -2.21. The first-order valence-corrected chi connectivity index (χ1v) is 12.0. The lowest BCUT2D eigenvalue weighted by molar-refractivity contribution is 0.272. The molecule has 0 aliphatic rings. The molecule has 0 spiro atoms. The Morgan fingerprint density at radius 3 is 2.56 bits per heavy atom. The number of rotatable bonds is 8. The second kappa shape index (κ2) is 11.4. The third-order valence-corrected chi connectivity index (χ3v) is 6.21. The van der Waals surface area contributed by atoms with Crippen molar-refractivity contribution in [2.45, 2.75) is 24.5 Å². The van der Waals surface area contributed by atoms with Gasteiger partial charge in [0.05, 0.1) is 37.8 Å². The monoisotopic (exact) mass is 539 g/mol. The van der Waals surface area contributed by atoms with Crippen LogP contribution in [0.25, 0.3) is 0 Å². The third kappa shape index (κ3) is 6.16. The molecular formula is C22H20ClF2N5O5S. The van der Waals surface area contributed by atoms with Crippen molar-refractivity contribution in [1.82, 2.24) is 15.2 Å². The van der Waals surface area contributed by atoms with Crippen molar-refractivity contribution in [3.8, 4) is 17.6 Å². The second-order valence-corrected chi connectivity index (χ2v) is 9.38. The highest BCUT2D eigenvalue weighted by atomic mass is 35.5. The van der Waals surface area contributed by atoms with Crippen molar-refractivity contribution in [2.24, 2.45) is 0 Å².